The molecule has 0 saturated heterocycles. The molecule has 0 aliphatic heterocycles. The molecule has 5 heteroatoms. The SMILES string of the molecule is CCCS(=O)(=O)C(C)CNCc1cccs1. The van der Waals surface area contributed by atoms with E-state index >= 15 is 0 Å². The third kappa shape index (κ3) is 4.23. The predicted molar refractivity (Wildman–Crippen MR) is 69.6 cm³/mol. The van der Waals surface area contributed by atoms with Crippen LogP contribution in [0.4, 0.5) is 0 Å². The molecular weight excluding hydrogens is 242 g/mol. The molecule has 1 unspecified atom stereocenters. The molecule has 0 saturated carbocycles. The molecule has 0 spiro atoms. The number of thiophene rings is 1. The Morgan fingerprint density at radius 1 is 1.50 bits per heavy atom. The number of sulfone groups is 1. The summed E-state index contributed by atoms with van der Waals surface area (Å²) >= 11 is 1.68. The van der Waals surface area contributed by atoms with Gasteiger partial charge in [-0.25, -0.2) is 8.42 Å². The van der Waals surface area contributed by atoms with Crippen LogP contribution in [0.15, 0.2) is 17.5 Å². The largest absolute Gasteiger partial charge is 0.311 e. The molecule has 92 valence electrons. The highest BCUT2D eigenvalue weighted by Crippen LogP contribution is 2.08. The van der Waals surface area contributed by atoms with Crippen molar-refractivity contribution in [3.8, 4) is 0 Å². The summed E-state index contributed by atoms with van der Waals surface area (Å²) in [6.45, 7) is 4.94. The van der Waals surface area contributed by atoms with Crippen LogP contribution < -0.4 is 5.32 Å². The van der Waals surface area contributed by atoms with E-state index in [1.54, 1.807) is 18.3 Å². The molecule has 1 heterocycles. The molecule has 0 fully saturated rings. The van der Waals surface area contributed by atoms with Crippen LogP contribution >= 0.6 is 11.3 Å². The maximum atomic E-state index is 11.7. The summed E-state index contributed by atoms with van der Waals surface area (Å²) < 4.78 is 23.4. The van der Waals surface area contributed by atoms with Gasteiger partial charge in [-0.15, -0.1) is 11.3 Å². The van der Waals surface area contributed by atoms with Crippen molar-refractivity contribution in [1.82, 2.24) is 5.32 Å². The van der Waals surface area contributed by atoms with Gasteiger partial charge < -0.3 is 5.32 Å². The summed E-state index contributed by atoms with van der Waals surface area (Å²) in [5, 5.41) is 4.91. The Kier molecular flexibility index (Phi) is 5.44. The molecule has 0 bridgehead atoms. The summed E-state index contributed by atoms with van der Waals surface area (Å²) in [5.41, 5.74) is 0. The van der Waals surface area contributed by atoms with E-state index in [1.165, 1.54) is 4.88 Å². The lowest BCUT2D eigenvalue weighted by atomic mass is 10.4. The van der Waals surface area contributed by atoms with E-state index in [0.717, 1.165) is 6.54 Å². The third-order valence-corrected chi connectivity index (χ3v) is 5.66. The maximum absolute atomic E-state index is 11.7. The van der Waals surface area contributed by atoms with Gasteiger partial charge in [-0.2, -0.15) is 0 Å². The minimum Gasteiger partial charge on any atom is -0.311 e. The van der Waals surface area contributed by atoms with Crippen molar-refractivity contribution in [2.45, 2.75) is 32.1 Å². The molecule has 16 heavy (non-hydrogen) atoms. The van der Waals surface area contributed by atoms with E-state index < -0.39 is 9.84 Å². The normalized spacial score (nSPS) is 13.9. The molecule has 1 atom stereocenters. The molecule has 3 nitrogen and oxygen atoms in total. The summed E-state index contributed by atoms with van der Waals surface area (Å²) in [6, 6.07) is 4.04. The first-order chi connectivity index (χ1) is 7.56. The molecule has 0 radical (unpaired) electrons. The van der Waals surface area contributed by atoms with Gasteiger partial charge in [0.15, 0.2) is 9.84 Å². The molecule has 0 amide bonds. The zero-order valence-electron chi connectivity index (χ0n) is 9.77. The average Bonchev–Trinajstić information content (AvgIpc) is 2.70. The number of hydrogen-bond acceptors (Lipinski definition) is 4. The second kappa shape index (κ2) is 6.37. The van der Waals surface area contributed by atoms with Gasteiger partial charge >= 0.3 is 0 Å². The first-order valence-corrected chi connectivity index (χ1v) is 8.10. The Balaban J connectivity index is 2.32. The lowest BCUT2D eigenvalue weighted by Crippen LogP contribution is -2.32. The highest BCUT2D eigenvalue weighted by Gasteiger charge is 2.18. The summed E-state index contributed by atoms with van der Waals surface area (Å²) in [4.78, 5) is 1.24. The second-order valence-corrected chi connectivity index (χ2v) is 7.46. The molecule has 1 rings (SSSR count). The van der Waals surface area contributed by atoms with Crippen LogP contribution in [0.1, 0.15) is 25.1 Å². The van der Waals surface area contributed by atoms with Gasteiger partial charge in [0, 0.05) is 18.0 Å². The van der Waals surface area contributed by atoms with Crippen LogP contribution in [-0.4, -0.2) is 26.0 Å². The zero-order valence-corrected chi connectivity index (χ0v) is 11.4. The standard InChI is InChI=1S/C11H19NO2S2/c1-3-7-16(13,14)10(2)8-12-9-11-5-4-6-15-11/h4-6,10,12H,3,7-9H2,1-2H3. The zero-order chi connectivity index (χ0) is 12.0. The topological polar surface area (TPSA) is 46.2 Å². The Labute approximate surface area is 102 Å². The molecule has 1 aromatic rings. The predicted octanol–water partition coefficient (Wildman–Crippen LogP) is 2.05. The molecule has 1 N–H and O–H groups in total. The van der Waals surface area contributed by atoms with Gasteiger partial charge in [0.1, 0.15) is 0 Å². The van der Waals surface area contributed by atoms with E-state index in [9.17, 15) is 8.42 Å². The lowest BCUT2D eigenvalue weighted by molar-refractivity contribution is 0.570. The minimum atomic E-state index is -2.91. The Bertz CT molecular complexity index is 384. The van der Waals surface area contributed by atoms with E-state index in [-0.39, 0.29) is 11.0 Å². The van der Waals surface area contributed by atoms with Crippen molar-refractivity contribution in [3.63, 3.8) is 0 Å². The van der Waals surface area contributed by atoms with Crippen molar-refractivity contribution in [1.29, 1.82) is 0 Å². The van der Waals surface area contributed by atoms with Gasteiger partial charge in [-0.3, -0.25) is 0 Å². The van der Waals surface area contributed by atoms with Crippen LogP contribution in [0.25, 0.3) is 0 Å². The second-order valence-electron chi connectivity index (χ2n) is 3.89. The van der Waals surface area contributed by atoms with Crippen molar-refractivity contribution >= 4 is 21.2 Å². The number of nitrogens with one attached hydrogen (secondary N) is 1. The fourth-order valence-corrected chi connectivity index (χ4v) is 3.44. The highest BCUT2D eigenvalue weighted by atomic mass is 32.2. The average molecular weight is 261 g/mol. The minimum absolute atomic E-state index is 0.287. The highest BCUT2D eigenvalue weighted by molar-refractivity contribution is 7.92. The summed E-state index contributed by atoms with van der Waals surface area (Å²) in [5.74, 6) is 0.287. The van der Waals surface area contributed by atoms with Gasteiger partial charge in [-0.05, 0) is 24.8 Å². The Morgan fingerprint density at radius 2 is 2.25 bits per heavy atom. The Hall–Kier alpha value is -0.390. The monoisotopic (exact) mass is 261 g/mol. The van der Waals surface area contributed by atoms with Crippen LogP contribution in [-0.2, 0) is 16.4 Å². The molecular formula is C11H19NO2S2. The molecule has 0 aliphatic rings. The van der Waals surface area contributed by atoms with Crippen LogP contribution in [0.3, 0.4) is 0 Å². The molecule has 1 aromatic heterocycles. The fourth-order valence-electron chi connectivity index (χ4n) is 1.42. The molecule has 0 aliphatic carbocycles. The fraction of sp³-hybridized carbons (Fsp3) is 0.636. The Morgan fingerprint density at radius 3 is 2.81 bits per heavy atom. The van der Waals surface area contributed by atoms with E-state index in [4.69, 9.17) is 0 Å². The van der Waals surface area contributed by atoms with E-state index in [1.807, 2.05) is 24.4 Å². The summed E-state index contributed by atoms with van der Waals surface area (Å²) in [6.07, 6.45) is 0.692. The van der Waals surface area contributed by atoms with E-state index in [2.05, 4.69) is 5.32 Å². The van der Waals surface area contributed by atoms with Crippen LogP contribution in [0.2, 0.25) is 0 Å². The van der Waals surface area contributed by atoms with Gasteiger partial charge in [0.2, 0.25) is 0 Å². The smallest absolute Gasteiger partial charge is 0.154 e. The van der Waals surface area contributed by atoms with Crippen LogP contribution in [0, 0.1) is 0 Å². The van der Waals surface area contributed by atoms with Gasteiger partial charge in [0.05, 0.1) is 11.0 Å². The van der Waals surface area contributed by atoms with Gasteiger partial charge in [-0.1, -0.05) is 13.0 Å². The first kappa shape index (κ1) is 13.7. The summed E-state index contributed by atoms with van der Waals surface area (Å²) in [7, 11) is -2.91. The first-order valence-electron chi connectivity index (χ1n) is 5.51. The van der Waals surface area contributed by atoms with Gasteiger partial charge in [0.25, 0.3) is 0 Å². The van der Waals surface area contributed by atoms with Crippen molar-refractivity contribution in [2.75, 3.05) is 12.3 Å². The van der Waals surface area contributed by atoms with E-state index in [0.29, 0.717) is 13.0 Å². The van der Waals surface area contributed by atoms with Crippen LogP contribution in [0.5, 0.6) is 0 Å². The lowest BCUT2D eigenvalue weighted by Gasteiger charge is -2.12. The maximum Gasteiger partial charge on any atom is 0.154 e. The molecule has 0 aromatic carbocycles. The van der Waals surface area contributed by atoms with Crippen molar-refractivity contribution in [3.05, 3.63) is 22.4 Å². The number of rotatable bonds is 7. The van der Waals surface area contributed by atoms with Crippen molar-refractivity contribution in [2.24, 2.45) is 0 Å². The quantitative estimate of drug-likeness (QED) is 0.817. The van der Waals surface area contributed by atoms with Crippen molar-refractivity contribution < 1.29 is 8.42 Å². The number of hydrogen-bond donors (Lipinski definition) is 1. The third-order valence-electron chi connectivity index (χ3n) is 2.41.